The summed E-state index contributed by atoms with van der Waals surface area (Å²) in [5, 5.41) is 9.67. The summed E-state index contributed by atoms with van der Waals surface area (Å²) in [7, 11) is 2.15. The summed E-state index contributed by atoms with van der Waals surface area (Å²) in [6.07, 6.45) is 4.09. The zero-order valence-corrected chi connectivity index (χ0v) is 13.8. The van der Waals surface area contributed by atoms with Crippen LogP contribution in [0.3, 0.4) is 0 Å². The maximum Gasteiger partial charge on any atom is 0.0678 e. The molecule has 0 bridgehead atoms. The topological polar surface area (TPSA) is 35.8 Å². The Balaban J connectivity index is 1.88. The van der Waals surface area contributed by atoms with Gasteiger partial charge in [-0.05, 0) is 37.5 Å². The number of hydrogen-bond donors (Lipinski definition) is 1. The van der Waals surface area contributed by atoms with Crippen molar-refractivity contribution in [1.29, 1.82) is 0 Å². The lowest BCUT2D eigenvalue weighted by molar-refractivity contribution is 0.291. The first-order valence-corrected chi connectivity index (χ1v) is 8.25. The molecule has 1 N–H and O–H groups in total. The Kier molecular flexibility index (Phi) is 4.77. The molecule has 0 aromatic heterocycles. The molecule has 0 aliphatic carbocycles. The molecule has 0 amide bonds. The molecule has 3 heteroatoms. The van der Waals surface area contributed by atoms with E-state index in [1.54, 1.807) is 0 Å². The van der Waals surface area contributed by atoms with Crippen molar-refractivity contribution in [2.24, 2.45) is 4.99 Å². The molecule has 120 valence electrons. The number of benzene rings is 2. The predicted molar refractivity (Wildman–Crippen MR) is 97.0 cm³/mol. The maximum absolute atomic E-state index is 9.67. The minimum Gasteiger partial charge on any atom is -0.395 e. The zero-order valence-electron chi connectivity index (χ0n) is 13.8. The fourth-order valence-electron chi connectivity index (χ4n) is 3.16. The van der Waals surface area contributed by atoms with Gasteiger partial charge < -0.3 is 10.0 Å². The molecule has 0 fully saturated rings. The van der Waals surface area contributed by atoms with Crippen LogP contribution in [0.2, 0.25) is 0 Å². The van der Waals surface area contributed by atoms with E-state index in [1.807, 2.05) is 36.5 Å². The highest BCUT2D eigenvalue weighted by atomic mass is 16.3. The minimum atomic E-state index is -0.0627. The van der Waals surface area contributed by atoms with Gasteiger partial charge in [-0.1, -0.05) is 36.4 Å². The lowest BCUT2D eigenvalue weighted by Gasteiger charge is -2.34. The molecule has 3 rings (SSSR count). The van der Waals surface area contributed by atoms with Crippen molar-refractivity contribution in [3.05, 3.63) is 59.7 Å². The Morgan fingerprint density at radius 2 is 2.00 bits per heavy atom. The first-order valence-electron chi connectivity index (χ1n) is 8.25. The fourth-order valence-corrected chi connectivity index (χ4v) is 3.16. The smallest absolute Gasteiger partial charge is 0.0678 e. The molecule has 2 aromatic rings. The Labute approximate surface area is 138 Å². The highest BCUT2D eigenvalue weighted by Gasteiger charge is 2.21. The molecule has 2 aromatic carbocycles. The quantitative estimate of drug-likeness (QED) is 0.869. The van der Waals surface area contributed by atoms with Gasteiger partial charge in [-0.2, -0.15) is 0 Å². The fraction of sp³-hybridized carbons (Fsp3) is 0.350. The Morgan fingerprint density at radius 3 is 2.74 bits per heavy atom. The van der Waals surface area contributed by atoms with Crippen LogP contribution >= 0.6 is 0 Å². The first kappa shape index (κ1) is 15.8. The van der Waals surface area contributed by atoms with Gasteiger partial charge in [-0.25, -0.2) is 0 Å². The van der Waals surface area contributed by atoms with Crippen molar-refractivity contribution in [3.63, 3.8) is 0 Å². The average molecular weight is 308 g/mol. The summed E-state index contributed by atoms with van der Waals surface area (Å²) in [6, 6.07) is 16.9. The number of anilines is 1. The van der Waals surface area contributed by atoms with Gasteiger partial charge in [0.15, 0.2) is 0 Å². The second-order valence-corrected chi connectivity index (χ2v) is 6.25. The molecule has 0 radical (unpaired) electrons. The van der Waals surface area contributed by atoms with Crippen LogP contribution in [-0.2, 0) is 6.42 Å². The zero-order chi connectivity index (χ0) is 16.2. The molecule has 3 nitrogen and oxygen atoms in total. The molecule has 1 aliphatic rings. The van der Waals surface area contributed by atoms with Crippen molar-refractivity contribution in [3.8, 4) is 0 Å². The summed E-state index contributed by atoms with van der Waals surface area (Å²) in [5.74, 6) is -0.0627. The van der Waals surface area contributed by atoms with Crippen LogP contribution in [0.15, 0.2) is 53.5 Å². The van der Waals surface area contributed by atoms with Crippen LogP contribution in [0, 0.1) is 0 Å². The van der Waals surface area contributed by atoms with Gasteiger partial charge in [0.05, 0.1) is 12.3 Å². The molecule has 2 unspecified atom stereocenters. The van der Waals surface area contributed by atoms with E-state index in [1.165, 1.54) is 11.3 Å². The molecule has 2 atom stereocenters. The predicted octanol–water partition coefficient (Wildman–Crippen LogP) is 3.94. The van der Waals surface area contributed by atoms with Crippen LogP contribution in [0.5, 0.6) is 0 Å². The number of rotatable bonds is 4. The summed E-state index contributed by atoms with van der Waals surface area (Å²) in [4.78, 5) is 7.05. The van der Waals surface area contributed by atoms with Crippen molar-refractivity contribution >= 4 is 17.6 Å². The van der Waals surface area contributed by atoms with Gasteiger partial charge in [0.1, 0.15) is 0 Å². The Bertz CT molecular complexity index is 681. The van der Waals surface area contributed by atoms with Gasteiger partial charge in [0.2, 0.25) is 0 Å². The summed E-state index contributed by atoms with van der Waals surface area (Å²) >= 11 is 0. The summed E-state index contributed by atoms with van der Waals surface area (Å²) in [5.41, 5.74) is 4.71. The second-order valence-electron chi connectivity index (χ2n) is 6.25. The SMILES string of the molecule is CC1CCc2c(N=CC(CO)c3ccccc3)cccc2N1C. The van der Waals surface area contributed by atoms with E-state index in [9.17, 15) is 5.11 Å². The first-order chi connectivity index (χ1) is 11.2. The summed E-state index contributed by atoms with van der Waals surface area (Å²) in [6.45, 7) is 2.33. The van der Waals surface area contributed by atoms with E-state index in [0.717, 1.165) is 24.1 Å². The van der Waals surface area contributed by atoms with Crippen molar-refractivity contribution in [2.45, 2.75) is 31.7 Å². The van der Waals surface area contributed by atoms with Crippen molar-refractivity contribution in [2.75, 3.05) is 18.6 Å². The van der Waals surface area contributed by atoms with E-state index in [2.05, 4.69) is 37.1 Å². The summed E-state index contributed by atoms with van der Waals surface area (Å²) < 4.78 is 0. The van der Waals surface area contributed by atoms with E-state index in [4.69, 9.17) is 4.99 Å². The molecule has 0 saturated heterocycles. The molecular weight excluding hydrogens is 284 g/mol. The van der Waals surface area contributed by atoms with Gasteiger partial charge in [0, 0.05) is 36.5 Å². The van der Waals surface area contributed by atoms with Crippen LogP contribution in [0.4, 0.5) is 11.4 Å². The normalized spacial score (nSPS) is 18.9. The number of aliphatic hydroxyl groups excluding tert-OH is 1. The largest absolute Gasteiger partial charge is 0.395 e. The van der Waals surface area contributed by atoms with Gasteiger partial charge in [-0.3, -0.25) is 4.99 Å². The number of hydrogen-bond acceptors (Lipinski definition) is 3. The van der Waals surface area contributed by atoms with Gasteiger partial charge >= 0.3 is 0 Å². The van der Waals surface area contributed by atoms with Crippen LogP contribution < -0.4 is 4.90 Å². The van der Waals surface area contributed by atoms with E-state index in [0.29, 0.717) is 6.04 Å². The van der Waals surface area contributed by atoms with Gasteiger partial charge in [0.25, 0.3) is 0 Å². The van der Waals surface area contributed by atoms with Crippen LogP contribution in [0.1, 0.15) is 30.4 Å². The van der Waals surface area contributed by atoms with Crippen molar-refractivity contribution < 1.29 is 5.11 Å². The molecule has 1 heterocycles. The van der Waals surface area contributed by atoms with Gasteiger partial charge in [-0.15, -0.1) is 0 Å². The lowest BCUT2D eigenvalue weighted by Crippen LogP contribution is -2.33. The van der Waals surface area contributed by atoms with Crippen molar-refractivity contribution in [1.82, 2.24) is 0 Å². The van der Waals surface area contributed by atoms with E-state index in [-0.39, 0.29) is 12.5 Å². The standard InChI is InChI=1S/C20H24N2O/c1-15-11-12-18-19(9-6-10-20(18)22(15)2)21-13-17(14-23)16-7-4-3-5-8-16/h3-10,13,15,17,23H,11-12,14H2,1-2H3. The number of nitrogens with zero attached hydrogens (tertiary/aromatic N) is 2. The maximum atomic E-state index is 9.67. The van der Waals surface area contributed by atoms with Crippen LogP contribution in [-0.4, -0.2) is 31.0 Å². The third-order valence-electron chi connectivity index (χ3n) is 4.80. The molecular formula is C20H24N2O. The van der Waals surface area contributed by atoms with E-state index < -0.39 is 0 Å². The van der Waals surface area contributed by atoms with Crippen LogP contribution in [0.25, 0.3) is 0 Å². The third kappa shape index (κ3) is 3.30. The number of aliphatic hydroxyl groups is 1. The molecule has 0 saturated carbocycles. The number of aliphatic imine (C=N–C) groups is 1. The molecule has 0 spiro atoms. The second kappa shape index (κ2) is 6.97. The van der Waals surface area contributed by atoms with E-state index >= 15 is 0 Å². The number of fused-ring (bicyclic) bond motifs is 1. The molecule has 1 aliphatic heterocycles. The third-order valence-corrected chi connectivity index (χ3v) is 4.80. The highest BCUT2D eigenvalue weighted by Crippen LogP contribution is 2.35. The lowest BCUT2D eigenvalue weighted by atomic mass is 9.95. The minimum absolute atomic E-state index is 0.0627. The Morgan fingerprint density at radius 1 is 1.22 bits per heavy atom. The Hall–Kier alpha value is -2.13. The highest BCUT2D eigenvalue weighted by molar-refractivity contribution is 5.75. The monoisotopic (exact) mass is 308 g/mol. The molecule has 23 heavy (non-hydrogen) atoms. The average Bonchev–Trinajstić information content (AvgIpc) is 2.60.